The summed E-state index contributed by atoms with van der Waals surface area (Å²) in [6, 6.07) is 15.8. The van der Waals surface area contributed by atoms with Crippen molar-refractivity contribution in [3.63, 3.8) is 0 Å². The molecule has 2 aromatic carbocycles. The summed E-state index contributed by atoms with van der Waals surface area (Å²) in [4.78, 5) is 20.3. The monoisotopic (exact) mass is 370 g/mol. The lowest BCUT2D eigenvalue weighted by atomic mass is 10.2. The molecule has 1 aliphatic rings. The number of rotatable bonds is 3. The Bertz CT molecular complexity index is 876. The van der Waals surface area contributed by atoms with E-state index in [1.165, 1.54) is 16.7 Å². The van der Waals surface area contributed by atoms with E-state index in [0.29, 0.717) is 16.2 Å². The van der Waals surface area contributed by atoms with Crippen molar-refractivity contribution in [3.8, 4) is 0 Å². The number of hydrogen-bond donors (Lipinski definition) is 0. The molecule has 128 valence electrons. The van der Waals surface area contributed by atoms with E-state index in [0.717, 1.165) is 29.8 Å². The Hall–Kier alpha value is -1.92. The smallest absolute Gasteiger partial charge is 0.257 e. The Kier molecular flexibility index (Phi) is 4.72. The maximum atomic E-state index is 12.8. The van der Waals surface area contributed by atoms with Gasteiger partial charge in [0.1, 0.15) is 5.52 Å². The number of carbonyl (C=O) groups is 1. The van der Waals surface area contributed by atoms with Gasteiger partial charge >= 0.3 is 0 Å². The average molecular weight is 370 g/mol. The van der Waals surface area contributed by atoms with Gasteiger partial charge in [0.15, 0.2) is 5.58 Å². The second-order valence-electron chi connectivity index (χ2n) is 5.97. The molecule has 1 aromatic heterocycles. The van der Waals surface area contributed by atoms with Crippen LogP contribution in [0, 0.1) is 0 Å². The van der Waals surface area contributed by atoms with Crippen LogP contribution in [0.5, 0.6) is 0 Å². The zero-order valence-electron chi connectivity index (χ0n) is 13.8. The summed E-state index contributed by atoms with van der Waals surface area (Å²) >= 11 is 3.19. The first kappa shape index (κ1) is 16.5. The Labute approximate surface area is 155 Å². The SMILES string of the molecule is C[C@@H]1CCN(C(=O)CSc2nc3ccccc3o2)c2ccccc2S1. The number of amides is 1. The third kappa shape index (κ3) is 3.55. The molecule has 1 amide bonds. The largest absolute Gasteiger partial charge is 0.431 e. The zero-order valence-corrected chi connectivity index (χ0v) is 15.5. The van der Waals surface area contributed by atoms with Crippen molar-refractivity contribution in [2.75, 3.05) is 17.2 Å². The first-order valence-electron chi connectivity index (χ1n) is 8.25. The second-order valence-corrected chi connectivity index (χ2v) is 8.37. The van der Waals surface area contributed by atoms with Gasteiger partial charge in [-0.15, -0.1) is 11.8 Å². The predicted octanol–water partition coefficient (Wildman–Crippen LogP) is 4.84. The summed E-state index contributed by atoms with van der Waals surface area (Å²) in [6.07, 6.45) is 0.985. The Morgan fingerprint density at radius 3 is 2.96 bits per heavy atom. The predicted molar refractivity (Wildman–Crippen MR) is 103 cm³/mol. The van der Waals surface area contributed by atoms with E-state index in [2.05, 4.69) is 18.0 Å². The van der Waals surface area contributed by atoms with Crippen LogP contribution in [0.15, 0.2) is 63.1 Å². The van der Waals surface area contributed by atoms with Crippen LogP contribution >= 0.6 is 23.5 Å². The molecule has 0 fully saturated rings. The van der Waals surface area contributed by atoms with Crippen molar-refractivity contribution in [1.29, 1.82) is 0 Å². The minimum absolute atomic E-state index is 0.0920. The average Bonchev–Trinajstić information content (AvgIpc) is 2.96. The van der Waals surface area contributed by atoms with E-state index in [9.17, 15) is 4.79 Å². The molecule has 0 spiro atoms. The van der Waals surface area contributed by atoms with Crippen LogP contribution in [0.25, 0.3) is 11.1 Å². The van der Waals surface area contributed by atoms with Crippen LogP contribution in [0.1, 0.15) is 13.3 Å². The molecule has 0 saturated heterocycles. The normalized spacial score (nSPS) is 17.3. The molecule has 0 N–H and O–H groups in total. The number of aromatic nitrogens is 1. The molecule has 1 aliphatic heterocycles. The lowest BCUT2D eigenvalue weighted by Crippen LogP contribution is -2.33. The van der Waals surface area contributed by atoms with Crippen molar-refractivity contribution in [2.45, 2.75) is 28.7 Å². The van der Waals surface area contributed by atoms with Crippen molar-refractivity contribution >= 4 is 46.2 Å². The van der Waals surface area contributed by atoms with E-state index in [-0.39, 0.29) is 5.91 Å². The number of anilines is 1. The number of carbonyl (C=O) groups excluding carboxylic acids is 1. The molecule has 0 bridgehead atoms. The molecule has 0 radical (unpaired) electrons. The molecule has 0 saturated carbocycles. The Morgan fingerprint density at radius 2 is 2.08 bits per heavy atom. The first-order chi connectivity index (χ1) is 12.2. The molecule has 1 atom stereocenters. The summed E-state index contributed by atoms with van der Waals surface area (Å²) in [7, 11) is 0. The molecule has 25 heavy (non-hydrogen) atoms. The zero-order chi connectivity index (χ0) is 17.2. The fraction of sp³-hybridized carbons (Fsp3) is 0.263. The number of para-hydroxylation sites is 3. The van der Waals surface area contributed by atoms with Crippen LogP contribution in [0.3, 0.4) is 0 Å². The molecule has 0 unspecified atom stereocenters. The van der Waals surface area contributed by atoms with Crippen LogP contribution < -0.4 is 4.90 Å². The highest BCUT2D eigenvalue weighted by atomic mass is 32.2. The van der Waals surface area contributed by atoms with Crippen molar-refractivity contribution < 1.29 is 9.21 Å². The third-order valence-corrected chi connectivity index (χ3v) is 6.19. The van der Waals surface area contributed by atoms with E-state index in [1.54, 1.807) is 0 Å². The molecule has 3 aromatic rings. The number of hydrogen-bond acceptors (Lipinski definition) is 5. The molecule has 0 aliphatic carbocycles. The van der Waals surface area contributed by atoms with Gasteiger partial charge in [0.2, 0.25) is 5.91 Å². The van der Waals surface area contributed by atoms with Gasteiger partial charge in [-0.3, -0.25) is 4.79 Å². The fourth-order valence-corrected chi connectivity index (χ4v) is 4.69. The van der Waals surface area contributed by atoms with Gasteiger partial charge in [-0.1, -0.05) is 43.0 Å². The Morgan fingerprint density at radius 1 is 1.28 bits per heavy atom. The minimum atomic E-state index is 0.0920. The number of benzene rings is 2. The Balaban J connectivity index is 1.50. The second kappa shape index (κ2) is 7.14. The van der Waals surface area contributed by atoms with Crippen molar-refractivity contribution in [3.05, 3.63) is 48.5 Å². The molecule has 4 rings (SSSR count). The van der Waals surface area contributed by atoms with Crippen LogP contribution in [0.2, 0.25) is 0 Å². The van der Waals surface area contributed by atoms with Gasteiger partial charge in [0, 0.05) is 16.7 Å². The topological polar surface area (TPSA) is 46.3 Å². The maximum absolute atomic E-state index is 12.8. The number of fused-ring (bicyclic) bond motifs is 2. The first-order valence-corrected chi connectivity index (χ1v) is 10.1. The van der Waals surface area contributed by atoms with Crippen LogP contribution in [-0.4, -0.2) is 28.4 Å². The van der Waals surface area contributed by atoms with Gasteiger partial charge in [0.25, 0.3) is 5.22 Å². The van der Waals surface area contributed by atoms with Crippen LogP contribution in [0.4, 0.5) is 5.69 Å². The number of thioether (sulfide) groups is 2. The van der Waals surface area contributed by atoms with Gasteiger partial charge in [0.05, 0.1) is 11.4 Å². The highest BCUT2D eigenvalue weighted by Gasteiger charge is 2.24. The lowest BCUT2D eigenvalue weighted by molar-refractivity contribution is -0.116. The molecule has 2 heterocycles. The summed E-state index contributed by atoms with van der Waals surface area (Å²) in [5.41, 5.74) is 2.59. The van der Waals surface area contributed by atoms with Gasteiger partial charge in [-0.05, 0) is 30.7 Å². The fourth-order valence-electron chi connectivity index (χ4n) is 2.86. The summed E-state index contributed by atoms with van der Waals surface area (Å²) < 4.78 is 5.69. The van der Waals surface area contributed by atoms with E-state index >= 15 is 0 Å². The highest BCUT2D eigenvalue weighted by molar-refractivity contribution is 8.00. The summed E-state index contributed by atoms with van der Waals surface area (Å²) in [5, 5.41) is 1.05. The molecule has 6 heteroatoms. The van der Waals surface area contributed by atoms with Gasteiger partial charge < -0.3 is 9.32 Å². The van der Waals surface area contributed by atoms with Gasteiger partial charge in [-0.2, -0.15) is 0 Å². The molecular weight excluding hydrogens is 352 g/mol. The standard InChI is InChI=1S/C19H18N2O2S2/c1-13-10-11-21(15-7-3-5-9-17(15)25-13)18(22)12-24-19-20-14-6-2-4-8-16(14)23-19/h2-9,13H,10-12H2,1H3/t13-/m1/s1. The lowest BCUT2D eigenvalue weighted by Gasteiger charge is -2.22. The van der Waals surface area contributed by atoms with E-state index in [4.69, 9.17) is 4.42 Å². The highest BCUT2D eigenvalue weighted by Crippen LogP contribution is 2.37. The number of nitrogens with zero attached hydrogens (tertiary/aromatic N) is 2. The number of oxazole rings is 1. The maximum Gasteiger partial charge on any atom is 0.257 e. The van der Waals surface area contributed by atoms with Crippen LogP contribution in [-0.2, 0) is 4.79 Å². The quantitative estimate of drug-likeness (QED) is 0.618. The third-order valence-electron chi connectivity index (χ3n) is 4.14. The molecular formula is C19H18N2O2S2. The minimum Gasteiger partial charge on any atom is -0.431 e. The molecule has 4 nitrogen and oxygen atoms in total. The van der Waals surface area contributed by atoms with Gasteiger partial charge in [-0.25, -0.2) is 4.98 Å². The van der Waals surface area contributed by atoms with E-state index < -0.39 is 0 Å². The van der Waals surface area contributed by atoms with Crippen molar-refractivity contribution in [1.82, 2.24) is 4.98 Å². The summed E-state index contributed by atoms with van der Waals surface area (Å²) in [6.45, 7) is 2.96. The van der Waals surface area contributed by atoms with Crippen molar-refractivity contribution in [2.24, 2.45) is 0 Å². The van der Waals surface area contributed by atoms with E-state index in [1.807, 2.05) is 59.1 Å². The summed E-state index contributed by atoms with van der Waals surface area (Å²) in [5.74, 6) is 0.412.